The fourth-order valence-electron chi connectivity index (χ4n) is 5.32. The van der Waals surface area contributed by atoms with E-state index in [0.717, 1.165) is 30.2 Å². The number of carbonyl (C=O) groups excluding carboxylic acids is 1. The zero-order chi connectivity index (χ0) is 12.9. The third-order valence-corrected chi connectivity index (χ3v) is 5.86. The van der Waals surface area contributed by atoms with Crippen molar-refractivity contribution >= 4 is 18.3 Å². The minimum absolute atomic E-state index is 0. The molecular weight excluding hydrogens is 272 g/mol. The quantitative estimate of drug-likeness (QED) is 0.819. The molecule has 0 saturated heterocycles. The van der Waals surface area contributed by atoms with Gasteiger partial charge in [0.25, 0.3) is 0 Å². The smallest absolute Gasteiger partial charge is 0.234 e. The van der Waals surface area contributed by atoms with E-state index in [1.807, 2.05) is 0 Å². The zero-order valence-electron chi connectivity index (χ0n) is 12.2. The van der Waals surface area contributed by atoms with Gasteiger partial charge < -0.3 is 10.6 Å². The van der Waals surface area contributed by atoms with Crippen LogP contribution >= 0.6 is 12.4 Å². The highest BCUT2D eigenvalue weighted by Crippen LogP contribution is 2.55. The van der Waals surface area contributed by atoms with E-state index in [-0.39, 0.29) is 23.9 Å². The monoisotopic (exact) mass is 298 g/mol. The third-order valence-electron chi connectivity index (χ3n) is 5.86. The Morgan fingerprint density at radius 1 is 1.00 bits per heavy atom. The third kappa shape index (κ3) is 2.99. The van der Waals surface area contributed by atoms with Crippen molar-refractivity contribution in [2.75, 3.05) is 13.1 Å². The molecule has 4 bridgehead atoms. The van der Waals surface area contributed by atoms with E-state index in [2.05, 4.69) is 10.6 Å². The molecule has 5 saturated carbocycles. The van der Waals surface area contributed by atoms with E-state index in [1.165, 1.54) is 51.4 Å². The van der Waals surface area contributed by atoms with Crippen LogP contribution in [0.15, 0.2) is 0 Å². The second kappa shape index (κ2) is 5.49. The van der Waals surface area contributed by atoms with Crippen molar-refractivity contribution in [2.45, 2.75) is 56.9 Å². The number of hydrogen-bond acceptors (Lipinski definition) is 2. The van der Waals surface area contributed by atoms with E-state index in [0.29, 0.717) is 6.54 Å². The molecule has 5 aliphatic rings. The number of amides is 1. The van der Waals surface area contributed by atoms with Gasteiger partial charge in [0.15, 0.2) is 0 Å². The van der Waals surface area contributed by atoms with Gasteiger partial charge in [-0.05, 0) is 81.6 Å². The van der Waals surface area contributed by atoms with Gasteiger partial charge in [0.1, 0.15) is 0 Å². The van der Waals surface area contributed by atoms with Gasteiger partial charge in [-0.3, -0.25) is 4.79 Å². The lowest BCUT2D eigenvalue weighted by atomic mass is 9.53. The fraction of sp³-hybridized carbons (Fsp3) is 0.938. The van der Waals surface area contributed by atoms with Gasteiger partial charge in [0.2, 0.25) is 5.91 Å². The van der Waals surface area contributed by atoms with Crippen LogP contribution in [0.25, 0.3) is 0 Å². The summed E-state index contributed by atoms with van der Waals surface area (Å²) in [5, 5.41) is 6.73. The predicted molar refractivity (Wildman–Crippen MR) is 81.9 cm³/mol. The first kappa shape index (κ1) is 14.6. The van der Waals surface area contributed by atoms with Crippen molar-refractivity contribution < 1.29 is 4.79 Å². The summed E-state index contributed by atoms with van der Waals surface area (Å²) in [6.07, 6.45) is 10.8. The lowest BCUT2D eigenvalue weighted by Gasteiger charge is -2.56. The molecule has 0 radical (unpaired) electrons. The maximum Gasteiger partial charge on any atom is 0.234 e. The summed E-state index contributed by atoms with van der Waals surface area (Å²) in [6.45, 7) is 1.56. The Bertz CT molecular complexity index is 345. The molecule has 5 fully saturated rings. The fourth-order valence-corrected chi connectivity index (χ4v) is 5.32. The average Bonchev–Trinajstić information content (AvgIpc) is 3.10. The summed E-state index contributed by atoms with van der Waals surface area (Å²) < 4.78 is 0. The molecule has 114 valence electrons. The maximum absolute atomic E-state index is 12.2. The van der Waals surface area contributed by atoms with Crippen LogP contribution in [0.2, 0.25) is 0 Å². The van der Waals surface area contributed by atoms with Crippen molar-refractivity contribution in [1.29, 1.82) is 0 Å². The molecule has 5 aliphatic carbocycles. The van der Waals surface area contributed by atoms with E-state index >= 15 is 0 Å². The molecule has 20 heavy (non-hydrogen) atoms. The molecule has 0 aliphatic heterocycles. The summed E-state index contributed by atoms with van der Waals surface area (Å²) in [7, 11) is 0. The number of rotatable bonds is 5. The van der Waals surface area contributed by atoms with Crippen LogP contribution in [0.4, 0.5) is 0 Å². The molecule has 3 nitrogen and oxygen atoms in total. The maximum atomic E-state index is 12.2. The number of carbonyl (C=O) groups is 1. The minimum atomic E-state index is 0. The van der Waals surface area contributed by atoms with E-state index in [4.69, 9.17) is 0 Å². The van der Waals surface area contributed by atoms with Crippen LogP contribution < -0.4 is 10.6 Å². The van der Waals surface area contributed by atoms with Crippen LogP contribution in [-0.2, 0) is 4.79 Å². The van der Waals surface area contributed by atoms with Crippen LogP contribution in [-0.4, -0.2) is 24.5 Å². The Morgan fingerprint density at radius 3 is 2.05 bits per heavy atom. The first-order valence-corrected chi connectivity index (χ1v) is 8.22. The molecule has 0 aromatic carbocycles. The summed E-state index contributed by atoms with van der Waals surface area (Å²) >= 11 is 0. The Morgan fingerprint density at radius 2 is 1.55 bits per heavy atom. The molecule has 5 rings (SSSR count). The van der Waals surface area contributed by atoms with Gasteiger partial charge >= 0.3 is 0 Å². The van der Waals surface area contributed by atoms with E-state index in [1.54, 1.807) is 0 Å². The second-order valence-electron chi connectivity index (χ2n) is 7.82. The van der Waals surface area contributed by atoms with E-state index in [9.17, 15) is 4.79 Å². The van der Waals surface area contributed by atoms with Crippen LogP contribution in [0.5, 0.6) is 0 Å². The van der Waals surface area contributed by atoms with Crippen molar-refractivity contribution in [2.24, 2.45) is 23.7 Å². The number of hydrogen-bond donors (Lipinski definition) is 2. The molecule has 0 spiro atoms. The molecule has 4 heteroatoms. The van der Waals surface area contributed by atoms with Crippen molar-refractivity contribution in [3.63, 3.8) is 0 Å². The van der Waals surface area contributed by atoms with Gasteiger partial charge in [-0.2, -0.15) is 0 Å². The standard InChI is InChI=1S/C16H26N2O.ClH/c19-15(10-17-9-11-1-2-11)18-16-6-12-3-13(7-16)5-14(4-12)8-16;/h11-14,17H,1-10H2,(H,18,19);1H. The number of nitrogens with one attached hydrogen (secondary N) is 2. The number of halogens is 1. The highest BCUT2D eigenvalue weighted by atomic mass is 35.5. The molecular formula is C16H27ClN2O. The molecule has 0 heterocycles. The summed E-state index contributed by atoms with van der Waals surface area (Å²) in [5.74, 6) is 3.82. The minimum Gasteiger partial charge on any atom is -0.350 e. The SMILES string of the molecule is Cl.O=C(CNCC1CC1)NC12CC3CC(CC(C3)C1)C2. The Kier molecular flexibility index (Phi) is 4.02. The Balaban J connectivity index is 0.00000121. The van der Waals surface area contributed by atoms with Gasteiger partial charge in [-0.1, -0.05) is 0 Å². The normalized spacial score (nSPS) is 41.3. The van der Waals surface area contributed by atoms with Gasteiger partial charge in [0, 0.05) is 5.54 Å². The summed E-state index contributed by atoms with van der Waals surface area (Å²) in [6, 6.07) is 0. The molecule has 0 atom stereocenters. The van der Waals surface area contributed by atoms with Crippen molar-refractivity contribution in [3.05, 3.63) is 0 Å². The Labute approximate surface area is 128 Å². The molecule has 0 unspecified atom stereocenters. The lowest BCUT2D eigenvalue weighted by molar-refractivity contribution is -0.126. The lowest BCUT2D eigenvalue weighted by Crippen LogP contribution is -2.60. The second-order valence-corrected chi connectivity index (χ2v) is 7.82. The van der Waals surface area contributed by atoms with Crippen LogP contribution in [0.1, 0.15) is 51.4 Å². The Hall–Kier alpha value is -0.280. The molecule has 0 aromatic rings. The largest absolute Gasteiger partial charge is 0.350 e. The predicted octanol–water partition coefficient (Wildman–Crippen LogP) is 2.49. The van der Waals surface area contributed by atoms with Crippen LogP contribution in [0, 0.1) is 23.7 Å². The molecule has 1 amide bonds. The first-order chi connectivity index (χ1) is 9.21. The molecule has 2 N–H and O–H groups in total. The average molecular weight is 299 g/mol. The highest BCUT2D eigenvalue weighted by molar-refractivity contribution is 5.85. The van der Waals surface area contributed by atoms with Gasteiger partial charge in [0.05, 0.1) is 6.54 Å². The van der Waals surface area contributed by atoms with Crippen molar-refractivity contribution in [3.8, 4) is 0 Å². The van der Waals surface area contributed by atoms with E-state index < -0.39 is 0 Å². The van der Waals surface area contributed by atoms with Crippen molar-refractivity contribution in [1.82, 2.24) is 10.6 Å². The summed E-state index contributed by atoms with van der Waals surface area (Å²) in [5.41, 5.74) is 0.188. The highest BCUT2D eigenvalue weighted by Gasteiger charge is 2.51. The van der Waals surface area contributed by atoms with Gasteiger partial charge in [-0.25, -0.2) is 0 Å². The molecule has 0 aromatic heterocycles. The summed E-state index contributed by atoms with van der Waals surface area (Å²) in [4.78, 5) is 12.2. The van der Waals surface area contributed by atoms with Gasteiger partial charge in [-0.15, -0.1) is 12.4 Å². The zero-order valence-corrected chi connectivity index (χ0v) is 13.0. The first-order valence-electron chi connectivity index (χ1n) is 8.22. The van der Waals surface area contributed by atoms with Crippen LogP contribution in [0.3, 0.4) is 0 Å². The topological polar surface area (TPSA) is 41.1 Å².